The first-order chi connectivity index (χ1) is 19.7. The molecule has 3 atom stereocenters. The molecular formula is C30H32BClN4O5. The van der Waals surface area contributed by atoms with Gasteiger partial charge in [-0.1, -0.05) is 59.7 Å². The molecule has 2 aromatic carbocycles. The normalized spacial score (nSPS) is 17.2. The van der Waals surface area contributed by atoms with Gasteiger partial charge in [0.1, 0.15) is 6.04 Å². The summed E-state index contributed by atoms with van der Waals surface area (Å²) in [6.45, 7) is 3.23. The zero-order valence-electron chi connectivity index (χ0n) is 23.0. The van der Waals surface area contributed by atoms with Crippen LogP contribution in [0.25, 0.3) is 0 Å². The molecule has 212 valence electrons. The van der Waals surface area contributed by atoms with Gasteiger partial charge >= 0.3 is 20.0 Å². The highest BCUT2D eigenvalue weighted by Crippen LogP contribution is 2.33. The van der Waals surface area contributed by atoms with Gasteiger partial charge in [0, 0.05) is 5.56 Å². The highest BCUT2D eigenvalue weighted by atomic mass is 35.5. The first kappa shape index (κ1) is 29.9. The predicted molar refractivity (Wildman–Crippen MR) is 157 cm³/mol. The molecule has 2 aliphatic rings. The molecule has 0 aliphatic heterocycles. The Morgan fingerprint density at radius 1 is 1.07 bits per heavy atom. The largest absolute Gasteiger partial charge is 0.542 e. The standard InChI is InChI=1S/C30H32BClN4O5/c1-17-14-21(27(37)34-18(2)19-8-4-3-5-9-19)15-23(32)26(17)28(38)35-25(29(39)41-31)16-33-30(40)36-24-13-12-20-10-6-7-11-22(20)24/h3-5,7-9,11,14-15,18,24-25H,6,10,12-13,16H2,1-2H3,(H,34,37)(H,35,38)(H2,33,36,40)/t18-,24?,25+/m1/s1. The molecule has 2 aliphatic carbocycles. The molecule has 0 bridgehead atoms. The maximum atomic E-state index is 13.2. The van der Waals surface area contributed by atoms with Crippen molar-refractivity contribution in [2.75, 3.05) is 6.54 Å². The second kappa shape index (κ2) is 13.5. The van der Waals surface area contributed by atoms with Crippen LogP contribution in [0.15, 0.2) is 65.8 Å². The van der Waals surface area contributed by atoms with Crippen LogP contribution in [0.4, 0.5) is 4.79 Å². The third-order valence-corrected chi connectivity index (χ3v) is 7.63. The lowest BCUT2D eigenvalue weighted by Crippen LogP contribution is -2.52. The van der Waals surface area contributed by atoms with Crippen molar-refractivity contribution < 1.29 is 23.8 Å². The van der Waals surface area contributed by atoms with Gasteiger partial charge in [0.05, 0.1) is 29.2 Å². The molecule has 2 aromatic rings. The van der Waals surface area contributed by atoms with E-state index in [0.29, 0.717) is 5.56 Å². The third kappa shape index (κ3) is 7.38. The number of rotatable bonds is 9. The van der Waals surface area contributed by atoms with Crippen molar-refractivity contribution >= 4 is 43.5 Å². The van der Waals surface area contributed by atoms with E-state index in [2.05, 4.69) is 38.1 Å². The second-order valence-corrected chi connectivity index (χ2v) is 10.6. The highest BCUT2D eigenvalue weighted by Gasteiger charge is 2.28. The van der Waals surface area contributed by atoms with Gasteiger partial charge in [-0.2, -0.15) is 0 Å². The summed E-state index contributed by atoms with van der Waals surface area (Å²) in [7, 11) is 5.08. The molecule has 1 unspecified atom stereocenters. The fourth-order valence-corrected chi connectivity index (χ4v) is 5.52. The Kier molecular flexibility index (Phi) is 9.89. The summed E-state index contributed by atoms with van der Waals surface area (Å²) in [5.74, 6) is -1.99. The molecule has 4 rings (SSSR count). The van der Waals surface area contributed by atoms with E-state index in [1.54, 1.807) is 13.0 Å². The van der Waals surface area contributed by atoms with Gasteiger partial charge in [-0.3, -0.25) is 14.4 Å². The number of nitrogens with one attached hydrogen (secondary N) is 4. The van der Waals surface area contributed by atoms with Gasteiger partial charge in [0.15, 0.2) is 0 Å². The lowest BCUT2D eigenvalue weighted by atomic mass is 9.99. The number of halogens is 1. The highest BCUT2D eigenvalue weighted by molar-refractivity contribution is 6.34. The number of carbonyl (C=O) groups is 4. The molecular weight excluding hydrogens is 543 g/mol. The number of carbonyl (C=O) groups excluding carboxylic acids is 4. The number of hydrogen-bond donors (Lipinski definition) is 4. The Morgan fingerprint density at radius 3 is 2.54 bits per heavy atom. The minimum absolute atomic E-state index is 0.0245. The second-order valence-electron chi connectivity index (χ2n) is 10.2. The van der Waals surface area contributed by atoms with Gasteiger partial charge in [0.2, 0.25) is 0 Å². The van der Waals surface area contributed by atoms with Crippen molar-refractivity contribution in [2.45, 2.75) is 57.7 Å². The third-order valence-electron chi connectivity index (χ3n) is 7.33. The summed E-state index contributed by atoms with van der Waals surface area (Å²) in [6, 6.07) is 10.3. The van der Waals surface area contributed by atoms with Gasteiger partial charge in [-0.25, -0.2) is 4.79 Å². The maximum absolute atomic E-state index is 13.2. The van der Waals surface area contributed by atoms with Crippen molar-refractivity contribution in [3.05, 3.63) is 93.0 Å². The quantitative estimate of drug-likeness (QED) is 0.337. The van der Waals surface area contributed by atoms with Gasteiger partial charge in [-0.05, 0) is 68.4 Å². The molecule has 4 amide bonds. The number of benzene rings is 2. The Labute approximate surface area is 245 Å². The van der Waals surface area contributed by atoms with E-state index in [4.69, 9.17) is 19.7 Å². The molecule has 9 nitrogen and oxygen atoms in total. The van der Waals surface area contributed by atoms with Crippen molar-refractivity contribution in [2.24, 2.45) is 0 Å². The van der Waals surface area contributed by atoms with Crippen LogP contribution in [-0.4, -0.2) is 50.5 Å². The molecule has 0 spiro atoms. The number of amides is 4. The van der Waals surface area contributed by atoms with E-state index in [1.807, 2.05) is 37.3 Å². The van der Waals surface area contributed by atoms with Crippen LogP contribution in [-0.2, 0) is 9.45 Å². The molecule has 2 radical (unpaired) electrons. The average Bonchev–Trinajstić information content (AvgIpc) is 3.37. The number of hydrogen-bond acceptors (Lipinski definition) is 5. The minimum Gasteiger partial charge on any atom is -0.542 e. The predicted octanol–water partition coefficient (Wildman–Crippen LogP) is 3.97. The number of urea groups is 1. The Balaban J connectivity index is 1.38. The van der Waals surface area contributed by atoms with Gasteiger partial charge in [-0.15, -0.1) is 0 Å². The van der Waals surface area contributed by atoms with E-state index in [1.165, 1.54) is 11.6 Å². The van der Waals surface area contributed by atoms with Crippen LogP contribution >= 0.6 is 11.6 Å². The van der Waals surface area contributed by atoms with Crippen LogP contribution in [0.2, 0.25) is 5.02 Å². The molecule has 0 heterocycles. The summed E-state index contributed by atoms with van der Waals surface area (Å²) in [6.07, 6.45) is 7.91. The molecule has 0 saturated carbocycles. The van der Waals surface area contributed by atoms with Crippen LogP contribution < -0.4 is 21.3 Å². The lowest BCUT2D eigenvalue weighted by molar-refractivity contribution is -0.136. The molecule has 11 heteroatoms. The fourth-order valence-electron chi connectivity index (χ4n) is 5.16. The van der Waals surface area contributed by atoms with Crippen LogP contribution in [0, 0.1) is 6.92 Å². The zero-order valence-corrected chi connectivity index (χ0v) is 23.7. The van der Waals surface area contributed by atoms with Crippen LogP contribution in [0.5, 0.6) is 0 Å². The molecule has 0 aromatic heterocycles. The first-order valence-corrected chi connectivity index (χ1v) is 13.9. The Hall–Kier alpha value is -4.05. The Morgan fingerprint density at radius 2 is 1.83 bits per heavy atom. The average molecular weight is 575 g/mol. The van der Waals surface area contributed by atoms with Gasteiger partial charge < -0.3 is 25.9 Å². The van der Waals surface area contributed by atoms with Crippen molar-refractivity contribution in [1.29, 1.82) is 0 Å². The van der Waals surface area contributed by atoms with Crippen molar-refractivity contribution in [3.63, 3.8) is 0 Å². The SMILES string of the molecule is [B]OC(=O)[C@H](CNC(=O)NC1CCC2=C1C=CCC2)NC(=O)c1c(C)cc(C(=O)N[C@H](C)c2ccccc2)cc1Cl. The maximum Gasteiger partial charge on any atom is 0.378 e. The minimum atomic E-state index is -1.28. The monoisotopic (exact) mass is 574 g/mol. The van der Waals surface area contributed by atoms with Crippen molar-refractivity contribution in [1.82, 2.24) is 21.3 Å². The summed E-state index contributed by atoms with van der Waals surface area (Å²) in [5.41, 5.74) is 4.21. The smallest absolute Gasteiger partial charge is 0.378 e. The number of allylic oxidation sites excluding steroid dienone is 2. The van der Waals surface area contributed by atoms with E-state index in [-0.39, 0.29) is 40.7 Å². The first-order valence-electron chi connectivity index (χ1n) is 13.5. The summed E-state index contributed by atoms with van der Waals surface area (Å²) < 4.78 is 4.34. The molecule has 41 heavy (non-hydrogen) atoms. The fraction of sp³-hybridized carbons (Fsp3) is 0.333. The van der Waals surface area contributed by atoms with E-state index in [0.717, 1.165) is 36.8 Å². The number of aryl methyl sites for hydroxylation is 1. The molecule has 0 fully saturated rings. The van der Waals surface area contributed by atoms with E-state index < -0.39 is 23.9 Å². The summed E-state index contributed by atoms with van der Waals surface area (Å²) in [4.78, 5) is 50.9. The Bertz CT molecular complexity index is 1370. The topological polar surface area (TPSA) is 126 Å². The molecule has 0 saturated heterocycles. The zero-order chi connectivity index (χ0) is 29.5. The van der Waals surface area contributed by atoms with Crippen LogP contribution in [0.1, 0.15) is 70.5 Å². The summed E-state index contributed by atoms with van der Waals surface area (Å²) >= 11 is 6.43. The van der Waals surface area contributed by atoms with Gasteiger partial charge in [0.25, 0.3) is 11.8 Å². The van der Waals surface area contributed by atoms with Crippen LogP contribution in [0.3, 0.4) is 0 Å². The van der Waals surface area contributed by atoms with E-state index in [9.17, 15) is 19.2 Å². The lowest BCUT2D eigenvalue weighted by Gasteiger charge is -2.21. The summed E-state index contributed by atoms with van der Waals surface area (Å²) in [5, 5.41) is 11.0. The van der Waals surface area contributed by atoms with Crippen molar-refractivity contribution in [3.8, 4) is 0 Å². The molecule has 4 N–H and O–H groups in total. The van der Waals surface area contributed by atoms with E-state index >= 15 is 0 Å².